The Kier molecular flexibility index (Phi) is 4.76. The van der Waals surface area contributed by atoms with Crippen molar-refractivity contribution < 1.29 is 8.42 Å². The van der Waals surface area contributed by atoms with Crippen LogP contribution in [0.15, 0.2) is 5.03 Å². The fourth-order valence-electron chi connectivity index (χ4n) is 1.45. The van der Waals surface area contributed by atoms with Gasteiger partial charge < -0.3 is 5.73 Å². The number of rotatable bonds is 6. The predicted octanol–water partition coefficient (Wildman–Crippen LogP) is 1.14. The van der Waals surface area contributed by atoms with Gasteiger partial charge >= 0.3 is 0 Å². The molecule has 6 nitrogen and oxygen atoms in total. The normalized spacial score (nSPS) is 13.2. The van der Waals surface area contributed by atoms with Gasteiger partial charge in [0.2, 0.25) is 0 Å². The molecular formula is C12H24N4O2S. The molecule has 0 atom stereocenters. The molecule has 0 saturated carbocycles. The first-order valence-electron chi connectivity index (χ1n) is 6.35. The second-order valence-electron chi connectivity index (χ2n) is 5.80. The Labute approximate surface area is 115 Å². The molecule has 0 fully saturated rings. The van der Waals surface area contributed by atoms with Crippen LogP contribution >= 0.6 is 0 Å². The molecule has 0 amide bonds. The number of aromatic nitrogens is 2. The van der Waals surface area contributed by atoms with Crippen molar-refractivity contribution in [2.75, 3.05) is 6.54 Å². The standard InChI is InChI=1S/C12H24N4O2S/c1-8(2)12(4,5)7-14-19(17,18)11-10(6-13)9(3)15-16-11/h8,14H,6-7,13H2,1-5H3,(H,15,16). The van der Waals surface area contributed by atoms with Crippen LogP contribution in [0.4, 0.5) is 0 Å². The zero-order valence-electron chi connectivity index (χ0n) is 12.2. The van der Waals surface area contributed by atoms with E-state index in [9.17, 15) is 8.42 Å². The fraction of sp³-hybridized carbons (Fsp3) is 0.750. The van der Waals surface area contributed by atoms with Crippen LogP contribution in [0.25, 0.3) is 0 Å². The molecule has 1 aromatic heterocycles. The van der Waals surface area contributed by atoms with Gasteiger partial charge in [0.1, 0.15) is 0 Å². The number of sulfonamides is 1. The Morgan fingerprint density at radius 3 is 2.47 bits per heavy atom. The van der Waals surface area contributed by atoms with E-state index in [1.807, 2.05) is 13.8 Å². The molecule has 1 heterocycles. The summed E-state index contributed by atoms with van der Waals surface area (Å²) in [5.74, 6) is 0.366. The molecule has 4 N–H and O–H groups in total. The highest BCUT2D eigenvalue weighted by molar-refractivity contribution is 7.89. The summed E-state index contributed by atoms with van der Waals surface area (Å²) in [5.41, 5.74) is 6.67. The lowest BCUT2D eigenvalue weighted by Gasteiger charge is -2.29. The van der Waals surface area contributed by atoms with E-state index in [1.165, 1.54) is 0 Å². The van der Waals surface area contributed by atoms with Crippen molar-refractivity contribution in [3.05, 3.63) is 11.3 Å². The van der Waals surface area contributed by atoms with Crippen molar-refractivity contribution in [1.82, 2.24) is 14.9 Å². The maximum Gasteiger partial charge on any atom is 0.260 e. The summed E-state index contributed by atoms with van der Waals surface area (Å²) >= 11 is 0. The maximum atomic E-state index is 12.2. The lowest BCUT2D eigenvalue weighted by Crippen LogP contribution is -2.37. The van der Waals surface area contributed by atoms with Crippen molar-refractivity contribution in [1.29, 1.82) is 0 Å². The molecular weight excluding hydrogens is 264 g/mol. The second-order valence-corrected chi connectivity index (χ2v) is 7.49. The Balaban J connectivity index is 2.94. The van der Waals surface area contributed by atoms with Crippen LogP contribution in [0.3, 0.4) is 0 Å². The van der Waals surface area contributed by atoms with E-state index in [2.05, 4.69) is 28.8 Å². The van der Waals surface area contributed by atoms with Crippen LogP contribution in [0.5, 0.6) is 0 Å². The molecule has 19 heavy (non-hydrogen) atoms. The minimum atomic E-state index is -3.62. The molecule has 0 unspecified atom stereocenters. The molecule has 0 spiro atoms. The van der Waals surface area contributed by atoms with Crippen LogP contribution in [-0.2, 0) is 16.6 Å². The first-order valence-corrected chi connectivity index (χ1v) is 7.83. The smallest absolute Gasteiger partial charge is 0.260 e. The summed E-state index contributed by atoms with van der Waals surface area (Å²) in [5, 5.41) is 6.52. The monoisotopic (exact) mass is 288 g/mol. The van der Waals surface area contributed by atoms with Gasteiger partial charge in [-0.3, -0.25) is 5.10 Å². The Morgan fingerprint density at radius 1 is 1.42 bits per heavy atom. The van der Waals surface area contributed by atoms with Gasteiger partial charge in [0, 0.05) is 24.3 Å². The highest BCUT2D eigenvalue weighted by Crippen LogP contribution is 2.25. The van der Waals surface area contributed by atoms with Gasteiger partial charge in [0.15, 0.2) is 5.03 Å². The van der Waals surface area contributed by atoms with Crippen molar-refractivity contribution in [2.24, 2.45) is 17.1 Å². The molecule has 0 bridgehead atoms. The summed E-state index contributed by atoms with van der Waals surface area (Å²) in [6, 6.07) is 0. The van der Waals surface area contributed by atoms with E-state index >= 15 is 0 Å². The molecule has 0 aliphatic carbocycles. The first-order chi connectivity index (χ1) is 8.62. The largest absolute Gasteiger partial charge is 0.326 e. The Morgan fingerprint density at radius 2 is 2.00 bits per heavy atom. The van der Waals surface area contributed by atoms with Gasteiger partial charge in [-0.25, -0.2) is 13.1 Å². The summed E-state index contributed by atoms with van der Waals surface area (Å²) in [4.78, 5) is 0. The Hall–Kier alpha value is -0.920. The van der Waals surface area contributed by atoms with Crippen LogP contribution in [0.1, 0.15) is 39.0 Å². The van der Waals surface area contributed by atoms with Crippen LogP contribution in [0.2, 0.25) is 0 Å². The van der Waals surface area contributed by atoms with Gasteiger partial charge in [-0.05, 0) is 18.3 Å². The number of nitrogens with zero attached hydrogens (tertiary/aromatic N) is 1. The van der Waals surface area contributed by atoms with E-state index in [1.54, 1.807) is 6.92 Å². The second kappa shape index (κ2) is 5.60. The number of aryl methyl sites for hydroxylation is 1. The highest BCUT2D eigenvalue weighted by Gasteiger charge is 2.28. The van der Waals surface area contributed by atoms with Gasteiger partial charge in [0.25, 0.3) is 10.0 Å². The SMILES string of the molecule is Cc1[nH]nc(S(=O)(=O)NCC(C)(C)C(C)C)c1CN. The highest BCUT2D eigenvalue weighted by atomic mass is 32.2. The number of nitrogens with one attached hydrogen (secondary N) is 2. The lowest BCUT2D eigenvalue weighted by atomic mass is 9.81. The number of aromatic amines is 1. The van der Waals surface area contributed by atoms with E-state index in [-0.39, 0.29) is 17.0 Å². The lowest BCUT2D eigenvalue weighted by molar-refractivity contribution is 0.252. The predicted molar refractivity (Wildman–Crippen MR) is 75.0 cm³/mol. The minimum absolute atomic E-state index is 0.00653. The van der Waals surface area contributed by atoms with E-state index < -0.39 is 10.0 Å². The van der Waals surface area contributed by atoms with Gasteiger partial charge in [0.05, 0.1) is 0 Å². The average molecular weight is 288 g/mol. The molecule has 1 aromatic rings. The average Bonchev–Trinajstić information content (AvgIpc) is 2.68. The van der Waals surface area contributed by atoms with Crippen molar-refractivity contribution in [3.8, 4) is 0 Å². The van der Waals surface area contributed by atoms with Crippen molar-refractivity contribution >= 4 is 10.0 Å². The summed E-state index contributed by atoms with van der Waals surface area (Å²) < 4.78 is 27.1. The third-order valence-electron chi connectivity index (χ3n) is 3.78. The number of hydrogen-bond donors (Lipinski definition) is 3. The quantitative estimate of drug-likeness (QED) is 0.730. The van der Waals surface area contributed by atoms with Crippen molar-refractivity contribution in [2.45, 2.75) is 46.2 Å². The molecule has 0 saturated heterocycles. The number of hydrogen-bond acceptors (Lipinski definition) is 4. The van der Waals surface area contributed by atoms with Gasteiger partial charge in [-0.2, -0.15) is 5.10 Å². The summed E-state index contributed by atoms with van der Waals surface area (Å²) in [6.45, 7) is 10.5. The van der Waals surface area contributed by atoms with E-state index in [0.29, 0.717) is 23.7 Å². The molecule has 110 valence electrons. The third-order valence-corrected chi connectivity index (χ3v) is 5.15. The first kappa shape index (κ1) is 16.1. The molecule has 7 heteroatoms. The van der Waals surface area contributed by atoms with Crippen LogP contribution in [-0.4, -0.2) is 25.2 Å². The van der Waals surface area contributed by atoms with Gasteiger partial charge in [-0.1, -0.05) is 27.7 Å². The zero-order valence-corrected chi connectivity index (χ0v) is 13.1. The summed E-state index contributed by atoms with van der Waals surface area (Å²) in [6.07, 6.45) is 0. The summed E-state index contributed by atoms with van der Waals surface area (Å²) in [7, 11) is -3.62. The zero-order chi connectivity index (χ0) is 14.8. The fourth-order valence-corrected chi connectivity index (χ4v) is 2.87. The number of H-pyrrole nitrogens is 1. The molecule has 0 aromatic carbocycles. The molecule has 1 rings (SSSR count). The maximum absolute atomic E-state index is 12.2. The van der Waals surface area contributed by atoms with Crippen molar-refractivity contribution in [3.63, 3.8) is 0 Å². The molecule has 0 radical (unpaired) electrons. The third kappa shape index (κ3) is 3.55. The Bertz CT molecular complexity index is 532. The minimum Gasteiger partial charge on any atom is -0.326 e. The van der Waals surface area contributed by atoms with E-state index in [0.717, 1.165) is 0 Å². The van der Waals surface area contributed by atoms with Crippen LogP contribution < -0.4 is 10.5 Å². The molecule has 0 aliphatic heterocycles. The van der Waals surface area contributed by atoms with Gasteiger partial charge in [-0.15, -0.1) is 0 Å². The van der Waals surface area contributed by atoms with E-state index in [4.69, 9.17) is 5.73 Å². The topological polar surface area (TPSA) is 101 Å². The van der Waals surface area contributed by atoms with Crippen LogP contribution in [0, 0.1) is 18.3 Å². The molecule has 0 aliphatic rings. The number of nitrogens with two attached hydrogens (primary N) is 1.